The molecule has 0 spiro atoms. The Labute approximate surface area is 240 Å². The number of nitrogens with one attached hydrogen (secondary N) is 1. The Morgan fingerprint density at radius 2 is 1.77 bits per heavy atom. The minimum atomic E-state index is -0.544. The highest BCUT2D eigenvalue weighted by atomic mass is 32.1. The van der Waals surface area contributed by atoms with Crippen molar-refractivity contribution in [1.29, 1.82) is 0 Å². The van der Waals surface area contributed by atoms with Gasteiger partial charge in [-0.25, -0.2) is 9.37 Å². The number of aromatic nitrogens is 1. The van der Waals surface area contributed by atoms with Crippen LogP contribution < -0.4 is 10.1 Å². The van der Waals surface area contributed by atoms with Gasteiger partial charge in [-0.15, -0.1) is 11.3 Å². The zero-order valence-corrected chi connectivity index (χ0v) is 24.9. The Bertz CT molecular complexity index is 1470. The number of nitrogens with zero attached hydrogens (tertiary/aromatic N) is 1. The molecular weight excluding hydrogens is 523 g/mol. The molecule has 0 bridgehead atoms. The third-order valence-electron chi connectivity index (χ3n) is 6.34. The Hall–Kier alpha value is -3.71. The molecule has 210 valence electrons. The van der Waals surface area contributed by atoms with Gasteiger partial charge in [0.25, 0.3) is 0 Å². The fraction of sp³-hybridized carbons (Fsp3) is 0.333. The van der Waals surface area contributed by atoms with E-state index in [0.29, 0.717) is 30.8 Å². The topological polar surface area (TPSA) is 60.5 Å². The highest BCUT2D eigenvalue weighted by Gasteiger charge is 2.17. The van der Waals surface area contributed by atoms with E-state index in [1.54, 1.807) is 17.4 Å². The van der Waals surface area contributed by atoms with E-state index < -0.39 is 5.60 Å². The van der Waals surface area contributed by atoms with Gasteiger partial charge >= 0.3 is 5.97 Å². The van der Waals surface area contributed by atoms with Crippen molar-refractivity contribution in [3.63, 3.8) is 0 Å². The largest absolute Gasteiger partial charge is 0.487 e. The summed E-state index contributed by atoms with van der Waals surface area (Å²) in [5, 5.41) is 6.38. The Kier molecular flexibility index (Phi) is 9.25. The van der Waals surface area contributed by atoms with Gasteiger partial charge in [-0.2, -0.15) is 0 Å². The van der Waals surface area contributed by atoms with E-state index in [4.69, 9.17) is 9.47 Å². The zero-order valence-electron chi connectivity index (χ0n) is 24.1. The fourth-order valence-electron chi connectivity index (χ4n) is 4.62. The molecule has 5 nitrogen and oxygen atoms in total. The number of aryl methyl sites for hydroxylation is 4. The lowest BCUT2D eigenvalue weighted by Crippen LogP contribution is -2.24. The first-order valence-electron chi connectivity index (χ1n) is 13.5. The van der Waals surface area contributed by atoms with Crippen LogP contribution in [0, 0.1) is 26.6 Å². The van der Waals surface area contributed by atoms with Gasteiger partial charge in [0.1, 0.15) is 23.8 Å². The molecule has 1 aromatic heterocycles. The van der Waals surface area contributed by atoms with E-state index in [2.05, 4.69) is 54.5 Å². The van der Waals surface area contributed by atoms with Crippen LogP contribution in [0.1, 0.15) is 60.1 Å². The van der Waals surface area contributed by atoms with Gasteiger partial charge in [0.15, 0.2) is 0 Å². The van der Waals surface area contributed by atoms with Gasteiger partial charge in [-0.1, -0.05) is 24.3 Å². The molecule has 0 saturated heterocycles. The summed E-state index contributed by atoms with van der Waals surface area (Å²) in [6.45, 7) is 12.7. The third-order valence-corrected chi connectivity index (χ3v) is 7.17. The van der Waals surface area contributed by atoms with E-state index in [1.807, 2.05) is 45.2 Å². The Morgan fingerprint density at radius 3 is 2.42 bits per heavy atom. The lowest BCUT2D eigenvalue weighted by molar-refractivity contribution is -0.154. The Morgan fingerprint density at radius 1 is 1.02 bits per heavy atom. The van der Waals surface area contributed by atoms with Gasteiger partial charge in [0.05, 0.1) is 10.7 Å². The van der Waals surface area contributed by atoms with Gasteiger partial charge in [0.2, 0.25) is 0 Å². The molecular formula is C33H37FN2O3S. The summed E-state index contributed by atoms with van der Waals surface area (Å²) in [5.41, 5.74) is 7.25. The predicted molar refractivity (Wildman–Crippen MR) is 160 cm³/mol. The summed E-state index contributed by atoms with van der Waals surface area (Å²) in [5.74, 6) is 0.173. The van der Waals surface area contributed by atoms with E-state index in [1.165, 1.54) is 11.6 Å². The molecule has 0 fully saturated rings. The van der Waals surface area contributed by atoms with Crippen LogP contribution in [0.15, 0.2) is 60.0 Å². The SMILES string of the molecule is Cc1nc(COc2cc(C)c(-c3cccc(CNc4ccc(CCC(=O)OC(C)(C)C)c(F)c4)c3)c(C)c2)cs1. The fourth-order valence-corrected chi connectivity index (χ4v) is 5.22. The normalized spacial score (nSPS) is 11.4. The first kappa shape index (κ1) is 29.3. The van der Waals surface area contributed by atoms with Crippen LogP contribution in [0.5, 0.6) is 5.75 Å². The van der Waals surface area contributed by atoms with Crippen molar-refractivity contribution >= 4 is 23.0 Å². The first-order valence-corrected chi connectivity index (χ1v) is 14.3. The molecule has 0 saturated carbocycles. The summed E-state index contributed by atoms with van der Waals surface area (Å²) < 4.78 is 26.1. The number of rotatable bonds is 10. The highest BCUT2D eigenvalue weighted by molar-refractivity contribution is 7.09. The predicted octanol–water partition coefficient (Wildman–Crippen LogP) is 8.34. The maximum absolute atomic E-state index is 14.7. The molecule has 0 aliphatic carbocycles. The minimum absolute atomic E-state index is 0.144. The monoisotopic (exact) mass is 560 g/mol. The van der Waals surface area contributed by atoms with Crippen molar-refractivity contribution in [1.82, 2.24) is 4.98 Å². The second kappa shape index (κ2) is 12.6. The maximum atomic E-state index is 14.7. The van der Waals surface area contributed by atoms with Crippen LogP contribution in [-0.4, -0.2) is 16.6 Å². The molecule has 3 aromatic carbocycles. The van der Waals surface area contributed by atoms with Crippen molar-refractivity contribution in [3.05, 3.63) is 98.7 Å². The number of anilines is 1. The number of ether oxygens (including phenoxy) is 2. The van der Waals surface area contributed by atoms with Gasteiger partial charge in [-0.05, 0) is 112 Å². The number of esters is 1. The van der Waals surface area contributed by atoms with Crippen LogP contribution in [0.4, 0.5) is 10.1 Å². The van der Waals surface area contributed by atoms with Crippen LogP contribution >= 0.6 is 11.3 Å². The molecule has 0 unspecified atom stereocenters. The molecule has 0 atom stereocenters. The van der Waals surface area contributed by atoms with Crippen molar-refractivity contribution in [2.45, 2.75) is 73.1 Å². The van der Waals surface area contributed by atoms with E-state index in [-0.39, 0.29) is 18.2 Å². The van der Waals surface area contributed by atoms with Crippen LogP contribution in [0.2, 0.25) is 0 Å². The lowest BCUT2D eigenvalue weighted by Gasteiger charge is -2.19. The van der Waals surface area contributed by atoms with Crippen molar-refractivity contribution < 1.29 is 18.7 Å². The minimum Gasteiger partial charge on any atom is -0.487 e. The number of hydrogen-bond donors (Lipinski definition) is 1. The molecule has 0 aliphatic rings. The smallest absolute Gasteiger partial charge is 0.306 e. The van der Waals surface area contributed by atoms with E-state index in [9.17, 15) is 9.18 Å². The second-order valence-electron chi connectivity index (χ2n) is 11.0. The van der Waals surface area contributed by atoms with Gasteiger partial charge < -0.3 is 14.8 Å². The molecule has 4 aromatic rings. The summed E-state index contributed by atoms with van der Waals surface area (Å²) in [4.78, 5) is 16.4. The average Bonchev–Trinajstić information content (AvgIpc) is 3.29. The molecule has 4 rings (SSSR count). The van der Waals surface area contributed by atoms with E-state index in [0.717, 1.165) is 38.7 Å². The third kappa shape index (κ3) is 8.15. The zero-order chi connectivity index (χ0) is 28.9. The summed E-state index contributed by atoms with van der Waals surface area (Å²) >= 11 is 1.62. The molecule has 0 radical (unpaired) electrons. The summed E-state index contributed by atoms with van der Waals surface area (Å²) in [6, 6.07) is 17.6. The molecule has 40 heavy (non-hydrogen) atoms. The number of hydrogen-bond acceptors (Lipinski definition) is 6. The van der Waals surface area contributed by atoms with Gasteiger partial charge in [-0.3, -0.25) is 4.79 Å². The Balaban J connectivity index is 1.38. The van der Waals surface area contributed by atoms with Crippen molar-refractivity contribution in [2.75, 3.05) is 5.32 Å². The molecule has 7 heteroatoms. The maximum Gasteiger partial charge on any atom is 0.306 e. The van der Waals surface area contributed by atoms with E-state index >= 15 is 0 Å². The molecule has 1 N–H and O–H groups in total. The summed E-state index contributed by atoms with van der Waals surface area (Å²) in [6.07, 6.45) is 0.446. The highest BCUT2D eigenvalue weighted by Crippen LogP contribution is 2.32. The lowest BCUT2D eigenvalue weighted by atomic mass is 9.94. The van der Waals surface area contributed by atoms with Crippen molar-refractivity contribution in [3.8, 4) is 16.9 Å². The number of carbonyl (C=O) groups is 1. The molecule has 0 aliphatic heterocycles. The van der Waals surface area contributed by atoms with Crippen LogP contribution in [0.3, 0.4) is 0 Å². The number of benzene rings is 3. The standard InChI is InChI=1S/C33H37FN2O3S/c1-21-14-29(38-19-28-20-40-23(3)36-28)15-22(2)32(21)26-9-7-8-24(16-26)18-35-27-12-10-25(30(34)17-27)11-13-31(37)39-33(4,5)6/h7-10,12,14-17,20,35H,11,13,18-19H2,1-6H3. The quantitative estimate of drug-likeness (QED) is 0.198. The average molecular weight is 561 g/mol. The number of carbonyl (C=O) groups excluding carboxylic acids is 1. The molecule has 0 amide bonds. The van der Waals surface area contributed by atoms with Crippen LogP contribution in [0.25, 0.3) is 11.1 Å². The van der Waals surface area contributed by atoms with Crippen LogP contribution in [-0.2, 0) is 29.1 Å². The number of thiazole rings is 1. The second-order valence-corrected chi connectivity index (χ2v) is 12.1. The molecule has 1 heterocycles. The van der Waals surface area contributed by atoms with Gasteiger partial charge in [0, 0.05) is 24.0 Å². The summed E-state index contributed by atoms with van der Waals surface area (Å²) in [7, 11) is 0. The van der Waals surface area contributed by atoms with Crippen molar-refractivity contribution in [2.24, 2.45) is 0 Å². The number of halogens is 1. The first-order chi connectivity index (χ1) is 19.0.